The summed E-state index contributed by atoms with van der Waals surface area (Å²) in [6.45, 7) is 5.42. The van der Waals surface area contributed by atoms with Gasteiger partial charge in [-0.25, -0.2) is 13.1 Å². The van der Waals surface area contributed by atoms with E-state index in [-0.39, 0.29) is 16.7 Å². The Morgan fingerprint density at radius 3 is 2.57 bits per heavy atom. The Kier molecular flexibility index (Phi) is 7.42. The van der Waals surface area contributed by atoms with Gasteiger partial charge in [-0.05, 0) is 68.1 Å². The molecule has 2 aromatic rings. The minimum Gasteiger partial charge on any atom is -0.369 e. The van der Waals surface area contributed by atoms with Gasteiger partial charge in [0.2, 0.25) is 15.9 Å². The zero-order valence-corrected chi connectivity index (χ0v) is 22.7. The average Bonchev–Trinajstić information content (AvgIpc) is 3.61. The first-order chi connectivity index (χ1) is 16.8. The predicted octanol–water partition coefficient (Wildman–Crippen LogP) is 3.89. The third-order valence-electron chi connectivity index (χ3n) is 6.96. The van der Waals surface area contributed by atoms with Gasteiger partial charge < -0.3 is 9.80 Å². The van der Waals surface area contributed by atoms with Crippen LogP contribution in [0.2, 0.25) is 5.02 Å². The Bertz CT molecular complexity index is 1210. The molecular formula is C25H30BrClN4O3S. The van der Waals surface area contributed by atoms with Crippen molar-refractivity contribution >= 4 is 54.8 Å². The second kappa shape index (κ2) is 10.4. The molecule has 1 N–H and O–H groups in total. The van der Waals surface area contributed by atoms with Crippen molar-refractivity contribution in [2.45, 2.75) is 30.6 Å². The third kappa shape index (κ3) is 5.69. The van der Waals surface area contributed by atoms with Crippen molar-refractivity contribution in [1.82, 2.24) is 9.62 Å². The van der Waals surface area contributed by atoms with Crippen LogP contribution in [0, 0.1) is 5.92 Å². The van der Waals surface area contributed by atoms with E-state index in [1.807, 2.05) is 24.3 Å². The zero-order chi connectivity index (χ0) is 24.6. The van der Waals surface area contributed by atoms with Crippen molar-refractivity contribution in [2.75, 3.05) is 55.6 Å². The normalized spacial score (nSPS) is 18.7. The molecule has 188 valence electrons. The van der Waals surface area contributed by atoms with Crippen LogP contribution in [0.4, 0.5) is 11.4 Å². The lowest BCUT2D eigenvalue weighted by molar-refractivity contribution is -0.119. The van der Waals surface area contributed by atoms with Crippen LogP contribution < -0.4 is 14.5 Å². The summed E-state index contributed by atoms with van der Waals surface area (Å²) in [5.74, 6) is 0.104. The molecule has 0 radical (unpaired) electrons. The van der Waals surface area contributed by atoms with Gasteiger partial charge in [0.25, 0.3) is 0 Å². The second-order valence-corrected chi connectivity index (χ2v) is 12.6. The Morgan fingerprint density at radius 1 is 1.09 bits per heavy atom. The van der Waals surface area contributed by atoms with Crippen LogP contribution in [0.5, 0.6) is 0 Å². The molecule has 2 heterocycles. The van der Waals surface area contributed by atoms with Crippen LogP contribution in [0.15, 0.2) is 45.8 Å². The van der Waals surface area contributed by atoms with Crippen LogP contribution in [-0.4, -0.2) is 65.0 Å². The summed E-state index contributed by atoms with van der Waals surface area (Å²) in [6, 6.07) is 11.5. The Morgan fingerprint density at radius 2 is 1.86 bits per heavy atom. The minimum absolute atomic E-state index is 0.0486. The molecule has 2 aromatic carbocycles. The first-order valence-electron chi connectivity index (χ1n) is 12.2. The summed E-state index contributed by atoms with van der Waals surface area (Å²) >= 11 is 9.58. The predicted molar refractivity (Wildman–Crippen MR) is 143 cm³/mol. The molecule has 2 fully saturated rings. The number of fused-ring (bicyclic) bond motifs is 1. The van der Waals surface area contributed by atoms with Crippen LogP contribution in [0.3, 0.4) is 0 Å². The molecule has 7 nitrogen and oxygen atoms in total. The van der Waals surface area contributed by atoms with E-state index >= 15 is 0 Å². The largest absolute Gasteiger partial charge is 0.369 e. The number of carbonyl (C=O) groups excluding carboxylic acids is 1. The highest BCUT2D eigenvalue weighted by Crippen LogP contribution is 2.41. The summed E-state index contributed by atoms with van der Waals surface area (Å²) in [6.07, 6.45) is 3.19. The number of nitrogens with one attached hydrogen (secondary N) is 1. The topological polar surface area (TPSA) is 73.0 Å². The Balaban J connectivity index is 1.16. The average molecular weight is 582 g/mol. The lowest BCUT2D eigenvalue weighted by atomic mass is 10.2. The Hall–Kier alpha value is -1.65. The number of benzene rings is 2. The van der Waals surface area contributed by atoms with E-state index in [0.29, 0.717) is 25.2 Å². The third-order valence-corrected chi connectivity index (χ3v) is 9.13. The fourth-order valence-corrected chi connectivity index (χ4v) is 7.12. The molecule has 1 saturated heterocycles. The van der Waals surface area contributed by atoms with Gasteiger partial charge in [-0.2, -0.15) is 0 Å². The fraction of sp³-hybridized carbons (Fsp3) is 0.480. The van der Waals surface area contributed by atoms with Crippen molar-refractivity contribution in [3.05, 3.63) is 51.5 Å². The molecule has 3 aliphatic rings. The van der Waals surface area contributed by atoms with Gasteiger partial charge in [0, 0.05) is 60.4 Å². The molecule has 0 spiro atoms. The molecule has 1 saturated carbocycles. The number of hydrogen-bond acceptors (Lipinski definition) is 5. The van der Waals surface area contributed by atoms with Gasteiger partial charge in [0.05, 0.1) is 5.69 Å². The number of piperazine rings is 1. The summed E-state index contributed by atoms with van der Waals surface area (Å²) in [5, 5.41) is 0.744. The molecule has 0 unspecified atom stereocenters. The summed E-state index contributed by atoms with van der Waals surface area (Å²) in [4.78, 5) is 19.4. The molecule has 1 aliphatic carbocycles. The molecule has 35 heavy (non-hydrogen) atoms. The first-order valence-corrected chi connectivity index (χ1v) is 14.8. The van der Waals surface area contributed by atoms with Crippen LogP contribution in [-0.2, 0) is 21.2 Å². The van der Waals surface area contributed by atoms with E-state index in [9.17, 15) is 13.2 Å². The second-order valence-electron chi connectivity index (χ2n) is 9.49. The van der Waals surface area contributed by atoms with Crippen LogP contribution in [0.1, 0.15) is 24.8 Å². The van der Waals surface area contributed by atoms with Gasteiger partial charge >= 0.3 is 0 Å². The van der Waals surface area contributed by atoms with Crippen LogP contribution >= 0.6 is 27.5 Å². The van der Waals surface area contributed by atoms with Crippen molar-refractivity contribution < 1.29 is 13.2 Å². The maximum Gasteiger partial charge on any atom is 0.242 e. The standard InChI is InChI=1S/C25H30BrClN4O3S/c26-20-15-19-7-10-31(25(32)18-5-6-18)24(19)23(16-20)35(33,34)28-8-2-9-29-11-13-30(14-12-29)22-4-1-3-21(27)17-22/h1,3-4,15-18,28H,2,5-14H2. The number of hydrogen-bond donors (Lipinski definition) is 1. The van der Waals surface area contributed by atoms with E-state index in [1.165, 1.54) is 0 Å². The smallest absolute Gasteiger partial charge is 0.242 e. The van der Waals surface area contributed by atoms with Gasteiger partial charge in [-0.3, -0.25) is 9.69 Å². The molecule has 5 rings (SSSR count). The van der Waals surface area contributed by atoms with E-state index in [0.717, 1.165) is 72.7 Å². The number of anilines is 2. The van der Waals surface area contributed by atoms with Crippen molar-refractivity contribution in [3.8, 4) is 0 Å². The Labute approximate surface area is 220 Å². The maximum atomic E-state index is 13.3. The summed E-state index contributed by atoms with van der Waals surface area (Å²) in [7, 11) is -3.74. The highest BCUT2D eigenvalue weighted by atomic mass is 79.9. The van der Waals surface area contributed by atoms with Gasteiger partial charge in [-0.15, -0.1) is 0 Å². The lowest BCUT2D eigenvalue weighted by Crippen LogP contribution is -2.47. The zero-order valence-electron chi connectivity index (χ0n) is 19.6. The lowest BCUT2D eigenvalue weighted by Gasteiger charge is -2.36. The maximum absolute atomic E-state index is 13.3. The van der Waals surface area contributed by atoms with Gasteiger partial charge in [0.1, 0.15) is 4.90 Å². The SMILES string of the molecule is O=C(C1CC1)N1CCc2cc(Br)cc(S(=O)(=O)NCCCN3CCN(c4cccc(Cl)c4)CC3)c21. The van der Waals surface area contributed by atoms with E-state index in [2.05, 4.69) is 36.5 Å². The highest BCUT2D eigenvalue weighted by Gasteiger charge is 2.39. The van der Waals surface area contributed by atoms with E-state index in [4.69, 9.17) is 11.6 Å². The summed E-state index contributed by atoms with van der Waals surface area (Å²) in [5.41, 5.74) is 2.61. The fourth-order valence-electron chi connectivity index (χ4n) is 4.93. The van der Waals surface area contributed by atoms with Crippen LogP contribution in [0.25, 0.3) is 0 Å². The number of halogens is 2. The quantitative estimate of drug-likeness (QED) is 0.479. The number of sulfonamides is 1. The van der Waals surface area contributed by atoms with Crippen molar-refractivity contribution in [1.29, 1.82) is 0 Å². The number of nitrogens with zero attached hydrogens (tertiary/aromatic N) is 3. The van der Waals surface area contributed by atoms with Gasteiger partial charge in [0.15, 0.2) is 0 Å². The molecule has 0 atom stereocenters. The molecule has 0 aromatic heterocycles. The monoisotopic (exact) mass is 580 g/mol. The number of amides is 1. The molecule has 1 amide bonds. The molecule has 10 heteroatoms. The van der Waals surface area contributed by atoms with Crippen molar-refractivity contribution in [2.24, 2.45) is 5.92 Å². The summed E-state index contributed by atoms with van der Waals surface area (Å²) < 4.78 is 30.0. The highest BCUT2D eigenvalue weighted by molar-refractivity contribution is 9.10. The first kappa shape index (κ1) is 25.0. The minimum atomic E-state index is -3.74. The molecule has 0 bridgehead atoms. The van der Waals surface area contributed by atoms with E-state index < -0.39 is 10.0 Å². The van der Waals surface area contributed by atoms with Crippen molar-refractivity contribution in [3.63, 3.8) is 0 Å². The molecular weight excluding hydrogens is 552 g/mol. The van der Waals surface area contributed by atoms with E-state index in [1.54, 1.807) is 11.0 Å². The number of rotatable bonds is 8. The molecule has 2 aliphatic heterocycles. The van der Waals surface area contributed by atoms with Gasteiger partial charge in [-0.1, -0.05) is 33.6 Å². The number of carbonyl (C=O) groups is 1.